The molecule has 0 spiro atoms. The molecule has 0 bridgehead atoms. The Kier molecular flexibility index (Phi) is 4.89. The van der Waals surface area contributed by atoms with E-state index in [9.17, 15) is 13.5 Å². The Balaban J connectivity index is 1.77. The highest BCUT2D eigenvalue weighted by Crippen LogP contribution is 2.36. The van der Waals surface area contributed by atoms with Gasteiger partial charge < -0.3 is 5.11 Å². The maximum atomic E-state index is 12.9. The van der Waals surface area contributed by atoms with Crippen molar-refractivity contribution < 1.29 is 13.5 Å². The number of thiophene rings is 1. The number of aliphatic hydroxyl groups excluding tert-OH is 1. The van der Waals surface area contributed by atoms with Gasteiger partial charge in [0.2, 0.25) is 0 Å². The lowest BCUT2D eigenvalue weighted by molar-refractivity contribution is 0.221. The first-order chi connectivity index (χ1) is 10.5. The van der Waals surface area contributed by atoms with Gasteiger partial charge in [0.15, 0.2) is 0 Å². The molecule has 2 aliphatic heterocycles. The predicted molar refractivity (Wildman–Crippen MR) is 88.1 cm³/mol. The van der Waals surface area contributed by atoms with E-state index in [1.54, 1.807) is 19.9 Å². The third kappa shape index (κ3) is 3.10. The minimum atomic E-state index is -3.40. The van der Waals surface area contributed by atoms with E-state index in [0.717, 1.165) is 18.4 Å². The zero-order chi connectivity index (χ0) is 15.7. The molecule has 1 N–H and O–H groups in total. The molecule has 0 aromatic carbocycles. The summed E-state index contributed by atoms with van der Waals surface area (Å²) in [7, 11) is -3.40. The van der Waals surface area contributed by atoms with Crippen LogP contribution in [0.5, 0.6) is 0 Å². The normalized spacial score (nSPS) is 31.6. The van der Waals surface area contributed by atoms with Crippen molar-refractivity contribution in [3.63, 3.8) is 0 Å². The average molecular weight is 345 g/mol. The zero-order valence-electron chi connectivity index (χ0n) is 12.9. The molecule has 1 aromatic rings. The van der Waals surface area contributed by atoms with E-state index >= 15 is 0 Å². The van der Waals surface area contributed by atoms with Crippen LogP contribution < -0.4 is 0 Å². The Hall–Kier alpha value is -0.470. The number of nitrogens with zero attached hydrogens (tertiary/aromatic N) is 2. The molecule has 7 heteroatoms. The lowest BCUT2D eigenvalue weighted by atomic mass is 9.92. The van der Waals surface area contributed by atoms with Crippen LogP contribution in [0.1, 0.15) is 31.2 Å². The number of aliphatic hydroxyl groups is 1. The first kappa shape index (κ1) is 16.4. The van der Waals surface area contributed by atoms with Gasteiger partial charge in [0, 0.05) is 44.6 Å². The van der Waals surface area contributed by atoms with Crippen LogP contribution in [0.2, 0.25) is 0 Å². The van der Waals surface area contributed by atoms with Gasteiger partial charge >= 0.3 is 0 Å². The van der Waals surface area contributed by atoms with E-state index in [4.69, 9.17) is 0 Å². The third-order valence-electron chi connectivity index (χ3n) is 4.89. The molecule has 2 fully saturated rings. The van der Waals surface area contributed by atoms with E-state index in [1.807, 2.05) is 11.4 Å². The van der Waals surface area contributed by atoms with E-state index in [1.165, 1.54) is 0 Å². The number of piperidine rings is 1. The summed E-state index contributed by atoms with van der Waals surface area (Å²) < 4.78 is 29.0. The molecule has 0 saturated carbocycles. The van der Waals surface area contributed by atoms with Crippen LogP contribution in [-0.2, 0) is 10.2 Å². The Morgan fingerprint density at radius 3 is 2.77 bits per heavy atom. The molecule has 2 aliphatic rings. The summed E-state index contributed by atoms with van der Waals surface area (Å²) in [6, 6.07) is 2.04. The average Bonchev–Trinajstić information content (AvgIpc) is 3.16. The summed E-state index contributed by atoms with van der Waals surface area (Å²) in [5.74, 6) is 0.521. The zero-order valence-corrected chi connectivity index (χ0v) is 14.5. The third-order valence-corrected chi connectivity index (χ3v) is 7.52. The first-order valence-corrected chi connectivity index (χ1v) is 10.2. The molecule has 3 rings (SSSR count). The first-order valence-electron chi connectivity index (χ1n) is 7.90. The van der Waals surface area contributed by atoms with Gasteiger partial charge in [0.1, 0.15) is 0 Å². The largest absolute Gasteiger partial charge is 0.396 e. The Morgan fingerprint density at radius 1 is 1.32 bits per heavy atom. The van der Waals surface area contributed by atoms with Crippen LogP contribution in [0.4, 0.5) is 0 Å². The van der Waals surface area contributed by atoms with Crippen LogP contribution in [0.3, 0.4) is 0 Å². The maximum absolute atomic E-state index is 12.9. The number of hydrogen-bond acceptors (Lipinski definition) is 4. The molecular weight excluding hydrogens is 320 g/mol. The van der Waals surface area contributed by atoms with Crippen LogP contribution >= 0.6 is 11.3 Å². The van der Waals surface area contributed by atoms with E-state index < -0.39 is 10.2 Å². The van der Waals surface area contributed by atoms with Crippen LogP contribution in [-0.4, -0.2) is 54.9 Å². The van der Waals surface area contributed by atoms with Crippen molar-refractivity contribution in [2.24, 2.45) is 11.8 Å². The van der Waals surface area contributed by atoms with Gasteiger partial charge in [0.05, 0.1) is 0 Å². The molecule has 0 radical (unpaired) electrons. The van der Waals surface area contributed by atoms with Crippen molar-refractivity contribution in [2.45, 2.75) is 25.7 Å². The minimum Gasteiger partial charge on any atom is -0.396 e. The van der Waals surface area contributed by atoms with Crippen molar-refractivity contribution in [3.05, 3.63) is 22.4 Å². The van der Waals surface area contributed by atoms with Crippen LogP contribution in [0.15, 0.2) is 16.8 Å². The lowest BCUT2D eigenvalue weighted by Gasteiger charge is -2.33. The molecule has 0 amide bonds. The molecular formula is C15H24N2O3S2. The smallest absolute Gasteiger partial charge is 0.282 e. The molecule has 22 heavy (non-hydrogen) atoms. The van der Waals surface area contributed by atoms with Crippen LogP contribution in [0, 0.1) is 11.8 Å². The van der Waals surface area contributed by atoms with E-state index in [-0.39, 0.29) is 18.4 Å². The van der Waals surface area contributed by atoms with Crippen molar-refractivity contribution in [2.75, 3.05) is 32.8 Å². The topological polar surface area (TPSA) is 60.9 Å². The molecule has 2 saturated heterocycles. The van der Waals surface area contributed by atoms with Gasteiger partial charge in [-0.3, -0.25) is 0 Å². The summed E-state index contributed by atoms with van der Waals surface area (Å²) in [6.45, 7) is 4.28. The highest BCUT2D eigenvalue weighted by molar-refractivity contribution is 7.86. The quantitative estimate of drug-likeness (QED) is 0.905. The molecule has 1 aromatic heterocycles. The molecule has 3 heterocycles. The molecule has 3 atom stereocenters. The highest BCUT2D eigenvalue weighted by atomic mass is 32.2. The van der Waals surface area contributed by atoms with Crippen molar-refractivity contribution in [1.82, 2.24) is 8.61 Å². The fourth-order valence-corrected chi connectivity index (χ4v) is 6.17. The van der Waals surface area contributed by atoms with Crippen molar-refractivity contribution in [3.8, 4) is 0 Å². The lowest BCUT2D eigenvalue weighted by Crippen LogP contribution is -2.47. The molecule has 0 unspecified atom stereocenters. The SMILES string of the molecule is C[C@@H]1CCCN(S(=O)(=O)N2C[C@@H](CO)[C@@H](c3ccsc3)C2)C1. The standard InChI is InChI=1S/C15H24N2O3S2/c1-12-3-2-5-16(7-12)22(19,20)17-8-14(10-18)15(9-17)13-4-6-21-11-13/h4,6,11-12,14-15,18H,2-3,5,7-10H2,1H3/t12-,14+,15-/m1/s1. The van der Waals surface area contributed by atoms with Gasteiger partial charge in [0.25, 0.3) is 10.2 Å². The highest BCUT2D eigenvalue weighted by Gasteiger charge is 2.42. The second-order valence-electron chi connectivity index (χ2n) is 6.54. The van der Waals surface area contributed by atoms with E-state index in [2.05, 4.69) is 12.3 Å². The van der Waals surface area contributed by atoms with Gasteiger partial charge in [-0.15, -0.1) is 0 Å². The monoisotopic (exact) mass is 344 g/mol. The second kappa shape index (κ2) is 6.57. The molecule has 0 aliphatic carbocycles. The molecule has 124 valence electrons. The van der Waals surface area contributed by atoms with Gasteiger partial charge in [-0.25, -0.2) is 0 Å². The minimum absolute atomic E-state index is 0.00779. The maximum Gasteiger partial charge on any atom is 0.282 e. The summed E-state index contributed by atoms with van der Waals surface area (Å²) in [5, 5.41) is 13.7. The fourth-order valence-electron chi connectivity index (χ4n) is 3.59. The predicted octanol–water partition coefficient (Wildman–Crippen LogP) is 1.73. The summed E-state index contributed by atoms with van der Waals surface area (Å²) >= 11 is 1.62. The van der Waals surface area contributed by atoms with Crippen LogP contribution in [0.25, 0.3) is 0 Å². The Bertz CT molecular complexity index is 588. The van der Waals surface area contributed by atoms with E-state index in [0.29, 0.717) is 32.1 Å². The van der Waals surface area contributed by atoms with Gasteiger partial charge in [-0.05, 0) is 41.1 Å². The van der Waals surface area contributed by atoms with Gasteiger partial charge in [-0.1, -0.05) is 6.92 Å². The van der Waals surface area contributed by atoms with Gasteiger partial charge in [-0.2, -0.15) is 28.4 Å². The summed E-state index contributed by atoms with van der Waals surface area (Å²) in [4.78, 5) is 0. The molecule has 5 nitrogen and oxygen atoms in total. The summed E-state index contributed by atoms with van der Waals surface area (Å²) in [5.41, 5.74) is 1.15. The second-order valence-corrected chi connectivity index (χ2v) is 9.24. The van der Waals surface area contributed by atoms with Crippen molar-refractivity contribution in [1.29, 1.82) is 0 Å². The fraction of sp³-hybridized carbons (Fsp3) is 0.733. The Morgan fingerprint density at radius 2 is 2.14 bits per heavy atom. The Labute approximate surface area is 136 Å². The number of hydrogen-bond donors (Lipinski definition) is 1. The number of rotatable bonds is 4. The van der Waals surface area contributed by atoms with Crippen molar-refractivity contribution >= 4 is 21.5 Å². The summed E-state index contributed by atoms with van der Waals surface area (Å²) in [6.07, 6.45) is 2.04.